The maximum atomic E-state index is 13.2. The molecule has 9 heteroatoms. The van der Waals surface area contributed by atoms with Crippen molar-refractivity contribution in [3.63, 3.8) is 0 Å². The molecule has 4 aromatic rings. The molecule has 0 fully saturated rings. The molecule has 0 radical (unpaired) electrons. The number of aromatic nitrogens is 2. The van der Waals surface area contributed by atoms with Crippen LogP contribution in [0.25, 0.3) is 20.7 Å². The van der Waals surface area contributed by atoms with Crippen LogP contribution in [0.3, 0.4) is 0 Å². The van der Waals surface area contributed by atoms with Crippen molar-refractivity contribution in [3.05, 3.63) is 63.3 Å². The van der Waals surface area contributed by atoms with Crippen LogP contribution >= 0.6 is 22.7 Å². The standard InChI is InChI=1S/C24H23N3O4S2/c1-14(2)22(15-5-6-17-18(10-15)31-8-7-30-17)26-20(28)11-27-13-25-23-21(24(27)29)16(12-33-23)19-4-3-9-32-19/h3-6,9-10,12-14,22H,7-8,11H2,1-2H3,(H,26,28)/t22-/m0/s1. The third-order valence-corrected chi connectivity index (χ3v) is 7.36. The third-order valence-electron chi connectivity index (χ3n) is 5.57. The molecule has 1 atom stereocenters. The second-order valence-corrected chi connectivity index (χ2v) is 9.98. The molecular weight excluding hydrogens is 458 g/mol. The van der Waals surface area contributed by atoms with Gasteiger partial charge in [-0.05, 0) is 35.1 Å². The number of thiophene rings is 2. The van der Waals surface area contributed by atoms with Gasteiger partial charge in [-0.1, -0.05) is 26.0 Å². The Labute approximate surface area is 198 Å². The fraction of sp³-hybridized carbons (Fsp3) is 0.292. The summed E-state index contributed by atoms with van der Waals surface area (Å²) in [6, 6.07) is 9.43. The predicted molar refractivity (Wildman–Crippen MR) is 130 cm³/mol. The summed E-state index contributed by atoms with van der Waals surface area (Å²) in [5.41, 5.74) is 1.59. The van der Waals surface area contributed by atoms with E-state index in [0.717, 1.165) is 16.0 Å². The van der Waals surface area contributed by atoms with E-state index in [1.807, 2.05) is 54.9 Å². The Morgan fingerprint density at radius 3 is 2.76 bits per heavy atom. The van der Waals surface area contributed by atoms with Gasteiger partial charge in [0.15, 0.2) is 11.5 Å². The average Bonchev–Trinajstić information content (AvgIpc) is 3.49. The lowest BCUT2D eigenvalue weighted by Gasteiger charge is -2.25. The largest absolute Gasteiger partial charge is 0.486 e. The summed E-state index contributed by atoms with van der Waals surface area (Å²) in [6.45, 7) is 5.02. The second kappa shape index (κ2) is 8.99. The maximum absolute atomic E-state index is 13.2. The van der Waals surface area contributed by atoms with Crippen molar-refractivity contribution in [2.75, 3.05) is 13.2 Å². The third kappa shape index (κ3) is 4.26. The van der Waals surface area contributed by atoms with Gasteiger partial charge in [-0.3, -0.25) is 14.2 Å². The van der Waals surface area contributed by atoms with E-state index in [9.17, 15) is 9.59 Å². The molecule has 1 aliphatic heterocycles. The molecular formula is C24H23N3O4S2. The average molecular weight is 482 g/mol. The fourth-order valence-electron chi connectivity index (χ4n) is 3.96. The zero-order valence-corrected chi connectivity index (χ0v) is 19.9. The zero-order chi connectivity index (χ0) is 22.9. The number of amides is 1. The molecule has 1 N–H and O–H groups in total. The molecule has 0 spiro atoms. The number of hydrogen-bond acceptors (Lipinski definition) is 7. The molecule has 3 aromatic heterocycles. The van der Waals surface area contributed by atoms with E-state index >= 15 is 0 Å². The Morgan fingerprint density at radius 1 is 1.18 bits per heavy atom. The highest BCUT2D eigenvalue weighted by atomic mass is 32.1. The predicted octanol–water partition coefficient (Wildman–Crippen LogP) is 4.47. The molecule has 1 amide bonds. The van der Waals surface area contributed by atoms with E-state index < -0.39 is 0 Å². The van der Waals surface area contributed by atoms with Crippen molar-refractivity contribution >= 4 is 38.8 Å². The van der Waals surface area contributed by atoms with E-state index in [0.29, 0.717) is 34.9 Å². The summed E-state index contributed by atoms with van der Waals surface area (Å²) >= 11 is 3.01. The van der Waals surface area contributed by atoms with Gasteiger partial charge in [-0.2, -0.15) is 0 Å². The maximum Gasteiger partial charge on any atom is 0.263 e. The quantitative estimate of drug-likeness (QED) is 0.439. The highest BCUT2D eigenvalue weighted by Gasteiger charge is 2.22. The Kier molecular flexibility index (Phi) is 5.90. The van der Waals surface area contributed by atoms with E-state index in [-0.39, 0.29) is 30.0 Å². The van der Waals surface area contributed by atoms with E-state index in [4.69, 9.17) is 9.47 Å². The van der Waals surface area contributed by atoms with Gasteiger partial charge >= 0.3 is 0 Å². The first-order valence-corrected chi connectivity index (χ1v) is 12.5. The Bertz CT molecular complexity index is 1360. The van der Waals surface area contributed by atoms with Gasteiger partial charge in [-0.15, -0.1) is 22.7 Å². The van der Waals surface area contributed by atoms with E-state index in [1.165, 1.54) is 22.2 Å². The number of rotatable bonds is 6. The zero-order valence-electron chi connectivity index (χ0n) is 18.2. The minimum Gasteiger partial charge on any atom is -0.486 e. The Balaban J connectivity index is 1.39. The number of fused-ring (bicyclic) bond motifs is 2. The first-order chi connectivity index (χ1) is 16.0. The number of ether oxygens (including phenoxy) is 2. The van der Waals surface area contributed by atoms with Gasteiger partial charge < -0.3 is 14.8 Å². The summed E-state index contributed by atoms with van der Waals surface area (Å²) in [5.74, 6) is 1.28. The van der Waals surface area contributed by atoms with Crippen LogP contribution in [0, 0.1) is 5.92 Å². The lowest BCUT2D eigenvalue weighted by Crippen LogP contribution is -2.36. The monoisotopic (exact) mass is 481 g/mol. The second-order valence-electron chi connectivity index (χ2n) is 8.18. The van der Waals surface area contributed by atoms with Gasteiger partial charge in [0.05, 0.1) is 17.8 Å². The molecule has 7 nitrogen and oxygen atoms in total. The van der Waals surface area contributed by atoms with Crippen LogP contribution in [0.15, 0.2) is 52.2 Å². The molecule has 4 heterocycles. The number of carbonyl (C=O) groups is 1. The minimum atomic E-state index is -0.250. The van der Waals surface area contributed by atoms with Crippen LogP contribution in [0.1, 0.15) is 25.5 Å². The van der Waals surface area contributed by atoms with Gasteiger partial charge in [0.25, 0.3) is 5.56 Å². The summed E-state index contributed by atoms with van der Waals surface area (Å²) in [7, 11) is 0. The van der Waals surface area contributed by atoms with Crippen LogP contribution in [0.4, 0.5) is 0 Å². The first-order valence-electron chi connectivity index (χ1n) is 10.7. The molecule has 1 aromatic carbocycles. The number of carbonyl (C=O) groups excluding carboxylic acids is 1. The molecule has 1 aliphatic rings. The number of nitrogens with zero attached hydrogens (tertiary/aromatic N) is 2. The Hall–Kier alpha value is -3.17. The van der Waals surface area contributed by atoms with Gasteiger partial charge in [0.2, 0.25) is 5.91 Å². The molecule has 5 rings (SSSR count). The fourth-order valence-corrected chi connectivity index (χ4v) is 5.68. The van der Waals surface area contributed by atoms with Crippen LogP contribution in [0.2, 0.25) is 0 Å². The van der Waals surface area contributed by atoms with Crippen LogP contribution in [0.5, 0.6) is 11.5 Å². The van der Waals surface area contributed by atoms with E-state index in [2.05, 4.69) is 10.3 Å². The van der Waals surface area contributed by atoms with Crippen LogP contribution in [-0.2, 0) is 11.3 Å². The molecule has 33 heavy (non-hydrogen) atoms. The van der Waals surface area contributed by atoms with Crippen molar-refractivity contribution in [3.8, 4) is 21.9 Å². The van der Waals surface area contributed by atoms with Gasteiger partial charge in [-0.25, -0.2) is 4.98 Å². The summed E-state index contributed by atoms with van der Waals surface area (Å²) in [4.78, 5) is 32.3. The topological polar surface area (TPSA) is 82.5 Å². The normalized spacial score (nSPS) is 13.9. The highest BCUT2D eigenvalue weighted by molar-refractivity contribution is 7.18. The van der Waals surface area contributed by atoms with Crippen LogP contribution < -0.4 is 20.3 Å². The highest BCUT2D eigenvalue weighted by Crippen LogP contribution is 2.35. The molecule has 170 valence electrons. The van der Waals surface area contributed by atoms with Crippen molar-refractivity contribution < 1.29 is 14.3 Å². The van der Waals surface area contributed by atoms with Crippen molar-refractivity contribution in [1.82, 2.24) is 14.9 Å². The Morgan fingerprint density at radius 2 is 2.00 bits per heavy atom. The smallest absolute Gasteiger partial charge is 0.263 e. The van der Waals surface area contributed by atoms with Gasteiger partial charge in [0, 0.05) is 15.8 Å². The number of hydrogen-bond donors (Lipinski definition) is 1. The number of benzene rings is 1. The van der Waals surface area contributed by atoms with E-state index in [1.54, 1.807) is 11.3 Å². The van der Waals surface area contributed by atoms with Crippen molar-refractivity contribution in [1.29, 1.82) is 0 Å². The minimum absolute atomic E-state index is 0.102. The lowest BCUT2D eigenvalue weighted by molar-refractivity contribution is -0.122. The molecule has 0 bridgehead atoms. The molecule has 0 saturated heterocycles. The van der Waals surface area contributed by atoms with Gasteiger partial charge in [0.1, 0.15) is 24.6 Å². The SMILES string of the molecule is CC(C)[C@H](NC(=O)Cn1cnc2scc(-c3cccs3)c2c1=O)c1ccc2c(c1)OCCO2. The lowest BCUT2D eigenvalue weighted by atomic mass is 9.95. The molecule has 0 unspecified atom stereocenters. The van der Waals surface area contributed by atoms with Crippen LogP contribution in [-0.4, -0.2) is 28.7 Å². The van der Waals surface area contributed by atoms with Crippen molar-refractivity contribution in [2.24, 2.45) is 5.92 Å². The number of nitrogens with one attached hydrogen (secondary N) is 1. The molecule has 0 aliphatic carbocycles. The molecule has 0 saturated carbocycles. The summed E-state index contributed by atoms with van der Waals surface area (Å²) in [6.07, 6.45) is 1.45. The van der Waals surface area contributed by atoms with Crippen molar-refractivity contribution in [2.45, 2.75) is 26.4 Å². The summed E-state index contributed by atoms with van der Waals surface area (Å²) < 4.78 is 12.7. The summed E-state index contributed by atoms with van der Waals surface area (Å²) in [5, 5.41) is 7.57. The first kappa shape index (κ1) is 21.7.